The molecule has 0 bridgehead atoms. The third-order valence-electron chi connectivity index (χ3n) is 6.04. The summed E-state index contributed by atoms with van der Waals surface area (Å²) in [4.78, 5) is 33.0. The minimum Gasteiger partial charge on any atom is -0.497 e. The van der Waals surface area contributed by atoms with Crippen LogP contribution in [-0.2, 0) is 22.7 Å². The van der Waals surface area contributed by atoms with Gasteiger partial charge in [-0.3, -0.25) is 14.5 Å². The fraction of sp³-hybridized carbons (Fsp3) is 0.400. The molecule has 2 heterocycles. The second kappa shape index (κ2) is 10.6. The van der Waals surface area contributed by atoms with Gasteiger partial charge < -0.3 is 24.3 Å². The molecule has 0 unspecified atom stereocenters. The van der Waals surface area contributed by atoms with E-state index in [-0.39, 0.29) is 18.4 Å². The van der Waals surface area contributed by atoms with Gasteiger partial charge in [-0.05, 0) is 49.4 Å². The van der Waals surface area contributed by atoms with E-state index >= 15 is 0 Å². The van der Waals surface area contributed by atoms with Gasteiger partial charge in [0.05, 0.1) is 24.7 Å². The highest BCUT2D eigenvalue weighted by Crippen LogP contribution is 2.22. The third-order valence-corrected chi connectivity index (χ3v) is 6.04. The molecule has 1 aromatic heterocycles. The van der Waals surface area contributed by atoms with Crippen LogP contribution in [0.25, 0.3) is 11.0 Å². The van der Waals surface area contributed by atoms with Gasteiger partial charge in [-0.1, -0.05) is 0 Å². The molecule has 0 saturated carbocycles. The molecule has 1 fully saturated rings. The van der Waals surface area contributed by atoms with Crippen molar-refractivity contribution in [3.05, 3.63) is 48.3 Å². The molecule has 4 rings (SSSR count). The number of fused-ring (bicyclic) bond motifs is 1. The van der Waals surface area contributed by atoms with Gasteiger partial charge in [0, 0.05) is 45.3 Å². The average molecular weight is 466 g/mol. The molecule has 1 aliphatic rings. The number of nitrogens with one attached hydrogen (secondary N) is 1. The summed E-state index contributed by atoms with van der Waals surface area (Å²) < 4.78 is 12.9. The van der Waals surface area contributed by atoms with Gasteiger partial charge in [0.1, 0.15) is 17.3 Å². The average Bonchev–Trinajstić information content (AvgIpc) is 3.19. The predicted octanol–water partition coefficient (Wildman–Crippen LogP) is 2.75. The Bertz CT molecular complexity index is 1150. The summed E-state index contributed by atoms with van der Waals surface area (Å²) in [5.74, 6) is 2.20. The number of carbonyl (C=O) groups excluding carboxylic acids is 2. The largest absolute Gasteiger partial charge is 0.497 e. The molecule has 180 valence electrons. The lowest BCUT2D eigenvalue weighted by molar-refractivity contribution is -0.130. The lowest BCUT2D eigenvalue weighted by Crippen LogP contribution is -2.47. The molecule has 1 aliphatic heterocycles. The molecule has 9 heteroatoms. The highest BCUT2D eigenvalue weighted by molar-refractivity contribution is 5.94. The number of imidazole rings is 1. The second-order valence-corrected chi connectivity index (χ2v) is 8.27. The lowest BCUT2D eigenvalue weighted by atomic mass is 10.2. The first-order chi connectivity index (χ1) is 16.5. The maximum atomic E-state index is 12.4. The van der Waals surface area contributed by atoms with Crippen LogP contribution >= 0.6 is 0 Å². The van der Waals surface area contributed by atoms with Crippen molar-refractivity contribution < 1.29 is 19.1 Å². The van der Waals surface area contributed by atoms with Crippen molar-refractivity contribution in [1.82, 2.24) is 19.4 Å². The number of aryl methyl sites for hydroxylation is 1. The number of piperazine rings is 1. The van der Waals surface area contributed by atoms with Gasteiger partial charge in [-0.25, -0.2) is 4.98 Å². The van der Waals surface area contributed by atoms with Gasteiger partial charge in [0.25, 0.3) is 5.91 Å². The van der Waals surface area contributed by atoms with Crippen LogP contribution in [0.15, 0.2) is 42.5 Å². The van der Waals surface area contributed by atoms with Crippen LogP contribution in [0.2, 0.25) is 0 Å². The summed E-state index contributed by atoms with van der Waals surface area (Å²) in [6.45, 7) is 8.33. The van der Waals surface area contributed by atoms with E-state index < -0.39 is 0 Å². The van der Waals surface area contributed by atoms with Crippen LogP contribution < -0.4 is 14.8 Å². The summed E-state index contributed by atoms with van der Waals surface area (Å²) in [7, 11) is 1.60. The molecule has 0 spiro atoms. The Morgan fingerprint density at radius 1 is 1.03 bits per heavy atom. The number of carbonyl (C=O) groups is 2. The van der Waals surface area contributed by atoms with E-state index in [0.717, 1.165) is 61.9 Å². The Hall–Kier alpha value is -3.59. The van der Waals surface area contributed by atoms with Crippen molar-refractivity contribution in [3.8, 4) is 11.5 Å². The molecule has 9 nitrogen and oxygen atoms in total. The molecular weight excluding hydrogens is 434 g/mol. The van der Waals surface area contributed by atoms with E-state index in [1.165, 1.54) is 0 Å². The first-order valence-corrected chi connectivity index (χ1v) is 11.5. The Balaban J connectivity index is 1.39. The summed E-state index contributed by atoms with van der Waals surface area (Å²) >= 11 is 0. The SMILES string of the molecule is CCn1c(CN2CCN(C(C)=O)CC2)nc2cc(NC(=O)COc3ccc(OC)cc3)ccc21. The molecule has 34 heavy (non-hydrogen) atoms. The second-order valence-electron chi connectivity index (χ2n) is 8.27. The molecule has 3 aromatic rings. The van der Waals surface area contributed by atoms with E-state index in [1.54, 1.807) is 38.3 Å². The quantitative estimate of drug-likeness (QED) is 0.550. The van der Waals surface area contributed by atoms with Crippen LogP contribution in [0.4, 0.5) is 5.69 Å². The minimum atomic E-state index is -0.242. The van der Waals surface area contributed by atoms with Gasteiger partial charge in [-0.15, -0.1) is 0 Å². The van der Waals surface area contributed by atoms with E-state index in [1.807, 2.05) is 23.1 Å². The van der Waals surface area contributed by atoms with Crippen molar-refractivity contribution in [1.29, 1.82) is 0 Å². The monoisotopic (exact) mass is 465 g/mol. The molecule has 0 aliphatic carbocycles. The smallest absolute Gasteiger partial charge is 0.262 e. The Labute approximate surface area is 199 Å². The Kier molecular flexibility index (Phi) is 7.32. The van der Waals surface area contributed by atoms with E-state index in [9.17, 15) is 9.59 Å². The maximum Gasteiger partial charge on any atom is 0.262 e. The Morgan fingerprint density at radius 2 is 1.74 bits per heavy atom. The number of hydrogen-bond acceptors (Lipinski definition) is 6. The summed E-state index contributed by atoms with van der Waals surface area (Å²) in [5.41, 5.74) is 2.55. The number of anilines is 1. The fourth-order valence-electron chi connectivity index (χ4n) is 4.17. The topological polar surface area (TPSA) is 88.9 Å². The fourth-order valence-corrected chi connectivity index (χ4v) is 4.17. The summed E-state index contributed by atoms with van der Waals surface area (Å²) in [6.07, 6.45) is 0. The maximum absolute atomic E-state index is 12.4. The van der Waals surface area contributed by atoms with Gasteiger partial charge in [0.15, 0.2) is 6.61 Å². The van der Waals surface area contributed by atoms with Crippen LogP contribution in [0.1, 0.15) is 19.7 Å². The molecule has 1 N–H and O–H groups in total. The number of benzene rings is 2. The van der Waals surface area contributed by atoms with Crippen molar-refractivity contribution in [2.75, 3.05) is 45.2 Å². The first-order valence-electron chi connectivity index (χ1n) is 11.5. The number of methoxy groups -OCH3 is 1. The Morgan fingerprint density at radius 3 is 2.38 bits per heavy atom. The highest BCUT2D eigenvalue weighted by atomic mass is 16.5. The zero-order valence-corrected chi connectivity index (χ0v) is 19.9. The van der Waals surface area contributed by atoms with Crippen molar-refractivity contribution in [2.45, 2.75) is 26.9 Å². The number of hydrogen-bond donors (Lipinski definition) is 1. The molecule has 1 saturated heterocycles. The van der Waals surface area contributed by atoms with E-state index in [4.69, 9.17) is 14.5 Å². The first kappa shape index (κ1) is 23.6. The molecule has 0 atom stereocenters. The van der Waals surface area contributed by atoms with Crippen molar-refractivity contribution in [2.24, 2.45) is 0 Å². The number of rotatable bonds is 8. The lowest BCUT2D eigenvalue weighted by Gasteiger charge is -2.33. The van der Waals surface area contributed by atoms with Crippen LogP contribution in [-0.4, -0.2) is 71.1 Å². The van der Waals surface area contributed by atoms with E-state index in [0.29, 0.717) is 11.4 Å². The van der Waals surface area contributed by atoms with Crippen LogP contribution in [0, 0.1) is 0 Å². The predicted molar refractivity (Wildman–Crippen MR) is 130 cm³/mol. The number of nitrogens with zero attached hydrogens (tertiary/aromatic N) is 4. The summed E-state index contributed by atoms with van der Waals surface area (Å²) in [6, 6.07) is 12.9. The zero-order chi connectivity index (χ0) is 24.1. The van der Waals surface area contributed by atoms with Gasteiger partial charge in [0.2, 0.25) is 5.91 Å². The molecule has 2 aromatic carbocycles. The van der Waals surface area contributed by atoms with Gasteiger partial charge >= 0.3 is 0 Å². The third kappa shape index (κ3) is 5.48. The molecular formula is C25H31N5O4. The van der Waals surface area contributed by atoms with Crippen molar-refractivity contribution >= 4 is 28.5 Å². The highest BCUT2D eigenvalue weighted by Gasteiger charge is 2.21. The van der Waals surface area contributed by atoms with Gasteiger partial charge in [-0.2, -0.15) is 0 Å². The standard InChI is InChI=1S/C25H31N5O4/c1-4-30-23-10-5-19(26-25(32)17-34-21-8-6-20(33-3)7-9-21)15-22(23)27-24(30)16-28-11-13-29(14-12-28)18(2)31/h5-10,15H,4,11-14,16-17H2,1-3H3,(H,26,32). The molecule has 0 radical (unpaired) electrons. The number of amides is 2. The van der Waals surface area contributed by atoms with Crippen LogP contribution in [0.3, 0.4) is 0 Å². The zero-order valence-electron chi connectivity index (χ0n) is 19.9. The van der Waals surface area contributed by atoms with Crippen LogP contribution in [0.5, 0.6) is 11.5 Å². The minimum absolute atomic E-state index is 0.0920. The number of aromatic nitrogens is 2. The molecule has 2 amide bonds. The summed E-state index contributed by atoms with van der Waals surface area (Å²) in [5, 5.41) is 2.88. The van der Waals surface area contributed by atoms with Crippen molar-refractivity contribution in [3.63, 3.8) is 0 Å². The van der Waals surface area contributed by atoms with E-state index in [2.05, 4.69) is 21.7 Å². The number of ether oxygens (including phenoxy) is 2. The normalized spacial score (nSPS) is 14.3.